The van der Waals surface area contributed by atoms with Crippen molar-refractivity contribution in [2.45, 2.75) is 6.92 Å². The SMILES string of the molecule is COc1ccccc1C1=C(SCCO)C(=O)N(c2cccc(C)c2)C1=O. The van der Waals surface area contributed by atoms with Crippen LogP contribution in [0, 0.1) is 6.92 Å². The third-order valence-electron chi connectivity index (χ3n) is 4.02. The highest BCUT2D eigenvalue weighted by atomic mass is 32.2. The Kier molecular flexibility index (Phi) is 5.44. The molecule has 1 aliphatic rings. The molecule has 5 nitrogen and oxygen atoms in total. The van der Waals surface area contributed by atoms with Gasteiger partial charge >= 0.3 is 0 Å². The second kappa shape index (κ2) is 7.76. The monoisotopic (exact) mass is 369 g/mol. The van der Waals surface area contributed by atoms with E-state index in [2.05, 4.69) is 0 Å². The Bertz CT molecular complexity index is 891. The molecule has 26 heavy (non-hydrogen) atoms. The maximum Gasteiger partial charge on any atom is 0.272 e. The van der Waals surface area contributed by atoms with Crippen LogP contribution in [-0.4, -0.2) is 36.4 Å². The molecule has 6 heteroatoms. The number of thioether (sulfide) groups is 1. The molecule has 0 radical (unpaired) electrons. The van der Waals surface area contributed by atoms with Gasteiger partial charge in [0.1, 0.15) is 5.75 Å². The molecule has 0 aromatic heterocycles. The molecule has 0 atom stereocenters. The zero-order valence-electron chi connectivity index (χ0n) is 14.6. The Morgan fingerprint density at radius 1 is 1.08 bits per heavy atom. The topological polar surface area (TPSA) is 66.8 Å². The predicted octanol–water partition coefficient (Wildman–Crippen LogP) is 3.01. The van der Waals surface area contributed by atoms with Gasteiger partial charge in [-0.05, 0) is 30.7 Å². The fourth-order valence-corrected chi connectivity index (χ4v) is 3.73. The van der Waals surface area contributed by atoms with Crippen molar-refractivity contribution in [3.05, 3.63) is 64.6 Å². The molecule has 2 aromatic carbocycles. The van der Waals surface area contributed by atoms with E-state index in [1.807, 2.05) is 25.1 Å². The molecule has 0 aliphatic carbocycles. The number of imide groups is 1. The highest BCUT2D eigenvalue weighted by molar-refractivity contribution is 8.04. The lowest BCUT2D eigenvalue weighted by Crippen LogP contribution is -2.31. The van der Waals surface area contributed by atoms with Crippen LogP contribution in [0.2, 0.25) is 0 Å². The summed E-state index contributed by atoms with van der Waals surface area (Å²) in [6.07, 6.45) is 0. The number of para-hydroxylation sites is 1. The number of carbonyl (C=O) groups excluding carboxylic acids is 2. The van der Waals surface area contributed by atoms with Crippen molar-refractivity contribution in [1.82, 2.24) is 0 Å². The number of benzene rings is 2. The maximum absolute atomic E-state index is 13.2. The number of ether oxygens (including phenoxy) is 1. The van der Waals surface area contributed by atoms with Gasteiger partial charge in [-0.3, -0.25) is 9.59 Å². The number of methoxy groups -OCH3 is 1. The van der Waals surface area contributed by atoms with Crippen molar-refractivity contribution in [3.63, 3.8) is 0 Å². The first-order chi connectivity index (χ1) is 12.6. The summed E-state index contributed by atoms with van der Waals surface area (Å²) in [5, 5.41) is 9.18. The molecule has 0 bridgehead atoms. The largest absolute Gasteiger partial charge is 0.496 e. The number of nitrogens with zero attached hydrogens (tertiary/aromatic N) is 1. The summed E-state index contributed by atoms with van der Waals surface area (Å²) in [6, 6.07) is 14.4. The van der Waals surface area contributed by atoms with Crippen LogP contribution in [0.5, 0.6) is 5.75 Å². The Hall–Kier alpha value is -2.57. The summed E-state index contributed by atoms with van der Waals surface area (Å²) in [6.45, 7) is 1.82. The highest BCUT2D eigenvalue weighted by Crippen LogP contribution is 2.41. The van der Waals surface area contributed by atoms with Gasteiger partial charge in [-0.1, -0.05) is 30.3 Å². The molecule has 0 spiro atoms. The summed E-state index contributed by atoms with van der Waals surface area (Å²) in [5.74, 6) is 0.0941. The zero-order chi connectivity index (χ0) is 18.7. The molecule has 0 unspecified atom stereocenters. The van der Waals surface area contributed by atoms with E-state index >= 15 is 0 Å². The second-order valence-corrected chi connectivity index (χ2v) is 6.87. The molecule has 0 saturated heterocycles. The lowest BCUT2D eigenvalue weighted by Gasteiger charge is -2.16. The highest BCUT2D eigenvalue weighted by Gasteiger charge is 2.41. The van der Waals surface area contributed by atoms with Crippen LogP contribution in [0.1, 0.15) is 11.1 Å². The molecule has 2 aromatic rings. The molecule has 3 rings (SSSR count). The third-order valence-corrected chi connectivity index (χ3v) is 5.07. The zero-order valence-corrected chi connectivity index (χ0v) is 15.4. The predicted molar refractivity (Wildman–Crippen MR) is 103 cm³/mol. The fourth-order valence-electron chi connectivity index (χ4n) is 2.88. The normalized spacial score (nSPS) is 14.3. The average molecular weight is 369 g/mol. The van der Waals surface area contributed by atoms with Gasteiger partial charge in [-0.15, -0.1) is 11.8 Å². The van der Waals surface area contributed by atoms with Gasteiger partial charge in [-0.2, -0.15) is 0 Å². The summed E-state index contributed by atoms with van der Waals surface area (Å²) in [4.78, 5) is 27.7. The van der Waals surface area contributed by atoms with E-state index in [4.69, 9.17) is 4.74 Å². The van der Waals surface area contributed by atoms with Crippen LogP contribution in [0.4, 0.5) is 5.69 Å². The van der Waals surface area contributed by atoms with Crippen molar-refractivity contribution < 1.29 is 19.4 Å². The Balaban J connectivity index is 2.13. The number of hydrogen-bond donors (Lipinski definition) is 1. The third kappa shape index (κ3) is 3.25. The van der Waals surface area contributed by atoms with E-state index in [1.54, 1.807) is 30.3 Å². The van der Waals surface area contributed by atoms with Gasteiger partial charge in [0.2, 0.25) is 0 Å². The van der Waals surface area contributed by atoms with Crippen molar-refractivity contribution in [2.24, 2.45) is 0 Å². The van der Waals surface area contributed by atoms with Crippen molar-refractivity contribution in [2.75, 3.05) is 24.4 Å². The quantitative estimate of drug-likeness (QED) is 0.793. The van der Waals surface area contributed by atoms with Gasteiger partial charge in [-0.25, -0.2) is 4.90 Å². The minimum Gasteiger partial charge on any atom is -0.496 e. The van der Waals surface area contributed by atoms with E-state index < -0.39 is 0 Å². The lowest BCUT2D eigenvalue weighted by molar-refractivity contribution is -0.119. The van der Waals surface area contributed by atoms with Crippen LogP contribution in [0.3, 0.4) is 0 Å². The molecule has 1 aliphatic heterocycles. The van der Waals surface area contributed by atoms with E-state index in [0.717, 1.165) is 5.56 Å². The summed E-state index contributed by atoms with van der Waals surface area (Å²) in [5.41, 5.74) is 2.38. The van der Waals surface area contributed by atoms with Gasteiger partial charge in [0, 0.05) is 11.3 Å². The molecule has 1 N–H and O–H groups in total. The number of anilines is 1. The number of hydrogen-bond acceptors (Lipinski definition) is 5. The van der Waals surface area contributed by atoms with E-state index in [1.165, 1.54) is 23.8 Å². The van der Waals surface area contributed by atoms with Crippen molar-refractivity contribution in [1.29, 1.82) is 0 Å². The fraction of sp³-hybridized carbons (Fsp3) is 0.200. The molecule has 1 heterocycles. The minimum atomic E-state index is -0.384. The number of aliphatic hydroxyl groups excluding tert-OH is 1. The molecular formula is C20H19NO4S. The number of aryl methyl sites for hydroxylation is 1. The first-order valence-electron chi connectivity index (χ1n) is 8.15. The smallest absolute Gasteiger partial charge is 0.272 e. The van der Waals surface area contributed by atoms with Gasteiger partial charge < -0.3 is 9.84 Å². The van der Waals surface area contributed by atoms with Crippen LogP contribution < -0.4 is 9.64 Å². The minimum absolute atomic E-state index is 0.0840. The molecule has 134 valence electrons. The summed E-state index contributed by atoms with van der Waals surface area (Å²) in [7, 11) is 1.53. The van der Waals surface area contributed by atoms with E-state index in [9.17, 15) is 14.7 Å². The first kappa shape index (κ1) is 18.2. The molecular weight excluding hydrogens is 350 g/mol. The van der Waals surface area contributed by atoms with Gasteiger partial charge in [0.25, 0.3) is 11.8 Å². The Morgan fingerprint density at radius 2 is 1.85 bits per heavy atom. The van der Waals surface area contributed by atoms with Crippen LogP contribution in [0.25, 0.3) is 5.57 Å². The lowest BCUT2D eigenvalue weighted by atomic mass is 10.0. The standard InChI is InChI=1S/C20H19NO4S/c1-13-6-5-7-14(12-13)21-19(23)17(18(20(21)24)26-11-10-22)15-8-3-4-9-16(15)25-2/h3-9,12,22H,10-11H2,1-2H3. The van der Waals surface area contributed by atoms with E-state index in [0.29, 0.717) is 33.2 Å². The second-order valence-electron chi connectivity index (χ2n) is 5.76. The van der Waals surface area contributed by atoms with Crippen LogP contribution in [-0.2, 0) is 9.59 Å². The number of rotatable bonds is 6. The van der Waals surface area contributed by atoms with Crippen LogP contribution in [0.15, 0.2) is 53.4 Å². The first-order valence-corrected chi connectivity index (χ1v) is 9.13. The van der Waals surface area contributed by atoms with Gasteiger partial charge in [0.15, 0.2) is 0 Å². The molecule has 0 fully saturated rings. The Morgan fingerprint density at radius 3 is 2.54 bits per heavy atom. The average Bonchev–Trinajstić information content (AvgIpc) is 2.89. The maximum atomic E-state index is 13.2. The van der Waals surface area contributed by atoms with Crippen LogP contribution >= 0.6 is 11.8 Å². The van der Waals surface area contributed by atoms with E-state index in [-0.39, 0.29) is 18.4 Å². The number of carbonyl (C=O) groups is 2. The van der Waals surface area contributed by atoms with Crippen molar-refractivity contribution in [3.8, 4) is 5.75 Å². The molecule has 2 amide bonds. The number of aliphatic hydroxyl groups is 1. The van der Waals surface area contributed by atoms with Gasteiger partial charge in [0.05, 0.1) is 29.9 Å². The van der Waals surface area contributed by atoms with Crippen molar-refractivity contribution >= 4 is 34.8 Å². The molecule has 0 saturated carbocycles. The summed E-state index contributed by atoms with van der Waals surface area (Å²) < 4.78 is 5.38. The Labute approximate surface area is 156 Å². The number of amides is 2. The summed E-state index contributed by atoms with van der Waals surface area (Å²) >= 11 is 1.18.